The smallest absolute Gasteiger partial charge is 0.240 e. The van der Waals surface area contributed by atoms with Crippen molar-refractivity contribution in [1.29, 1.82) is 0 Å². The largest absolute Gasteiger partial charge is 0.367 e. The van der Waals surface area contributed by atoms with Crippen LogP contribution in [0.25, 0.3) is 10.9 Å². The van der Waals surface area contributed by atoms with Crippen molar-refractivity contribution < 1.29 is 8.42 Å². The lowest BCUT2D eigenvalue weighted by Gasteiger charge is -2.28. The lowest BCUT2D eigenvalue weighted by Crippen LogP contribution is -2.32. The SMILES string of the molecule is O=S(=O)(NC[C@H]1CC[C@H](CNc2nc(NC3CC3)c3ccccc3n2)CC1)c1cc(Cl)cc(Cl)c1. The van der Waals surface area contributed by atoms with Crippen LogP contribution >= 0.6 is 23.2 Å². The van der Waals surface area contributed by atoms with Crippen LogP contribution in [-0.4, -0.2) is 37.5 Å². The fraction of sp³-hybridized carbons (Fsp3) is 0.440. The molecule has 2 fully saturated rings. The predicted octanol–water partition coefficient (Wildman–Crippen LogP) is 5.71. The lowest BCUT2D eigenvalue weighted by molar-refractivity contribution is 0.284. The number of aromatic nitrogens is 2. The van der Waals surface area contributed by atoms with Crippen LogP contribution in [0.1, 0.15) is 38.5 Å². The highest BCUT2D eigenvalue weighted by molar-refractivity contribution is 7.89. The number of hydrogen-bond donors (Lipinski definition) is 3. The Kier molecular flexibility index (Phi) is 7.34. The van der Waals surface area contributed by atoms with Gasteiger partial charge in [0.05, 0.1) is 10.4 Å². The van der Waals surface area contributed by atoms with E-state index in [0.717, 1.165) is 48.9 Å². The number of para-hydroxylation sites is 1. The summed E-state index contributed by atoms with van der Waals surface area (Å²) in [6.45, 7) is 1.22. The first-order chi connectivity index (χ1) is 16.9. The van der Waals surface area contributed by atoms with E-state index in [-0.39, 0.29) is 4.90 Å². The average molecular weight is 535 g/mol. The standard InChI is InChI=1S/C25H29Cl2N5O2S/c26-18-11-19(27)13-21(12-18)35(33,34)29-15-17-7-5-16(6-8-17)14-28-25-31-23-4-2-1-3-22(23)24(32-25)30-20-9-10-20/h1-4,11-13,16-17,20,29H,5-10,14-15H2,(H2,28,30,31,32)/t16-,17-. The molecule has 3 aromatic rings. The quantitative estimate of drug-likeness (QED) is 0.326. The summed E-state index contributed by atoms with van der Waals surface area (Å²) in [5.74, 6) is 2.37. The van der Waals surface area contributed by atoms with Crippen molar-refractivity contribution in [2.75, 3.05) is 23.7 Å². The average Bonchev–Trinajstić information content (AvgIpc) is 3.66. The summed E-state index contributed by atoms with van der Waals surface area (Å²) in [6.07, 6.45) is 6.38. The highest BCUT2D eigenvalue weighted by Gasteiger charge is 2.25. The Hall–Kier alpha value is -2.13. The number of sulfonamides is 1. The maximum Gasteiger partial charge on any atom is 0.240 e. The second-order valence-electron chi connectivity index (χ2n) is 9.56. The molecule has 7 nitrogen and oxygen atoms in total. The number of halogens is 2. The van der Waals surface area contributed by atoms with Crippen molar-refractivity contribution >= 4 is 55.9 Å². The molecule has 3 N–H and O–H groups in total. The van der Waals surface area contributed by atoms with Crippen LogP contribution < -0.4 is 15.4 Å². The van der Waals surface area contributed by atoms with Crippen molar-refractivity contribution in [1.82, 2.24) is 14.7 Å². The van der Waals surface area contributed by atoms with Gasteiger partial charge >= 0.3 is 0 Å². The number of rotatable bonds is 9. The molecule has 0 unspecified atom stereocenters. The molecule has 2 aliphatic rings. The van der Waals surface area contributed by atoms with Gasteiger partial charge in [-0.1, -0.05) is 35.3 Å². The summed E-state index contributed by atoms with van der Waals surface area (Å²) in [5.41, 5.74) is 0.935. The van der Waals surface area contributed by atoms with E-state index in [0.29, 0.717) is 40.4 Å². The van der Waals surface area contributed by atoms with Gasteiger partial charge in [0.2, 0.25) is 16.0 Å². The van der Waals surface area contributed by atoms with Gasteiger partial charge in [0, 0.05) is 34.6 Å². The highest BCUT2D eigenvalue weighted by Crippen LogP contribution is 2.31. The lowest BCUT2D eigenvalue weighted by atomic mass is 9.82. The van der Waals surface area contributed by atoms with Crippen molar-refractivity contribution in [2.24, 2.45) is 11.8 Å². The minimum atomic E-state index is -3.64. The van der Waals surface area contributed by atoms with E-state index in [1.54, 1.807) is 0 Å². The second kappa shape index (κ2) is 10.5. The molecule has 0 radical (unpaired) electrons. The van der Waals surface area contributed by atoms with E-state index in [9.17, 15) is 8.42 Å². The highest BCUT2D eigenvalue weighted by atomic mass is 35.5. The number of anilines is 2. The monoisotopic (exact) mass is 533 g/mol. The Labute approximate surface area is 216 Å². The summed E-state index contributed by atoms with van der Waals surface area (Å²) in [7, 11) is -3.64. The number of nitrogens with one attached hydrogen (secondary N) is 3. The number of fused-ring (bicyclic) bond motifs is 1. The molecule has 0 bridgehead atoms. The topological polar surface area (TPSA) is 96.0 Å². The Morgan fingerprint density at radius 2 is 1.51 bits per heavy atom. The van der Waals surface area contributed by atoms with Crippen LogP contribution in [0.2, 0.25) is 10.0 Å². The first kappa shape index (κ1) is 24.6. The molecule has 186 valence electrons. The third-order valence-electron chi connectivity index (χ3n) is 6.74. The van der Waals surface area contributed by atoms with Crippen molar-refractivity contribution in [3.05, 3.63) is 52.5 Å². The molecule has 2 aliphatic carbocycles. The molecular formula is C25H29Cl2N5O2S. The van der Waals surface area contributed by atoms with Crippen LogP contribution in [-0.2, 0) is 10.0 Å². The van der Waals surface area contributed by atoms with E-state index in [1.807, 2.05) is 18.2 Å². The maximum absolute atomic E-state index is 12.6. The van der Waals surface area contributed by atoms with E-state index in [4.69, 9.17) is 33.2 Å². The minimum Gasteiger partial charge on any atom is -0.367 e. The summed E-state index contributed by atoms with van der Waals surface area (Å²) in [4.78, 5) is 9.55. The van der Waals surface area contributed by atoms with E-state index >= 15 is 0 Å². The van der Waals surface area contributed by atoms with Gasteiger partial charge < -0.3 is 10.6 Å². The first-order valence-corrected chi connectivity index (χ1v) is 14.3. The zero-order valence-electron chi connectivity index (χ0n) is 19.3. The molecule has 1 heterocycles. The summed E-state index contributed by atoms with van der Waals surface area (Å²) < 4.78 is 28.0. The van der Waals surface area contributed by atoms with Gasteiger partial charge in [0.15, 0.2) is 0 Å². The van der Waals surface area contributed by atoms with Gasteiger partial charge in [-0.15, -0.1) is 0 Å². The molecule has 2 aromatic carbocycles. The van der Waals surface area contributed by atoms with Gasteiger partial charge in [-0.25, -0.2) is 18.1 Å². The first-order valence-electron chi connectivity index (χ1n) is 12.1. The van der Waals surface area contributed by atoms with Crippen LogP contribution in [0.4, 0.5) is 11.8 Å². The van der Waals surface area contributed by atoms with E-state index in [1.165, 1.54) is 31.0 Å². The van der Waals surface area contributed by atoms with Gasteiger partial charge in [0.25, 0.3) is 0 Å². The van der Waals surface area contributed by atoms with Gasteiger partial charge in [0.1, 0.15) is 5.82 Å². The minimum absolute atomic E-state index is 0.0961. The summed E-state index contributed by atoms with van der Waals surface area (Å²) in [6, 6.07) is 13.0. The molecule has 0 amide bonds. The number of benzene rings is 2. The Bertz CT molecular complexity index is 1290. The van der Waals surface area contributed by atoms with Crippen molar-refractivity contribution in [3.8, 4) is 0 Å². The van der Waals surface area contributed by atoms with E-state index in [2.05, 4.69) is 21.4 Å². The maximum atomic E-state index is 12.6. The van der Waals surface area contributed by atoms with Gasteiger partial charge in [-0.3, -0.25) is 0 Å². The van der Waals surface area contributed by atoms with Crippen LogP contribution in [0.15, 0.2) is 47.4 Å². The van der Waals surface area contributed by atoms with Gasteiger partial charge in [-0.2, -0.15) is 4.98 Å². The number of nitrogens with zero attached hydrogens (tertiary/aromatic N) is 2. The molecule has 1 aromatic heterocycles. The fourth-order valence-electron chi connectivity index (χ4n) is 4.56. The zero-order chi connectivity index (χ0) is 24.4. The molecule has 5 rings (SSSR count). The molecule has 2 saturated carbocycles. The van der Waals surface area contributed by atoms with Crippen LogP contribution in [0.3, 0.4) is 0 Å². The zero-order valence-corrected chi connectivity index (χ0v) is 21.6. The van der Waals surface area contributed by atoms with E-state index < -0.39 is 10.0 Å². The Morgan fingerprint density at radius 1 is 0.857 bits per heavy atom. The fourth-order valence-corrected chi connectivity index (χ4v) is 6.40. The molecule has 0 saturated heterocycles. The molecule has 0 aliphatic heterocycles. The Balaban J connectivity index is 1.13. The normalized spacial score (nSPS) is 20.6. The molecule has 0 atom stereocenters. The second-order valence-corrected chi connectivity index (χ2v) is 12.2. The molecule has 0 spiro atoms. The molecule has 10 heteroatoms. The van der Waals surface area contributed by atoms with Crippen molar-refractivity contribution in [3.63, 3.8) is 0 Å². The Morgan fingerprint density at radius 3 is 2.20 bits per heavy atom. The third kappa shape index (κ3) is 6.36. The van der Waals surface area contributed by atoms with Gasteiger partial charge in [-0.05, 0) is 80.7 Å². The third-order valence-corrected chi connectivity index (χ3v) is 8.58. The molecular weight excluding hydrogens is 505 g/mol. The van der Waals surface area contributed by atoms with Crippen LogP contribution in [0, 0.1) is 11.8 Å². The predicted molar refractivity (Wildman–Crippen MR) is 142 cm³/mol. The summed E-state index contributed by atoms with van der Waals surface area (Å²) >= 11 is 11.9. The van der Waals surface area contributed by atoms with Crippen LogP contribution in [0.5, 0.6) is 0 Å². The summed E-state index contributed by atoms with van der Waals surface area (Å²) in [5, 5.41) is 8.62. The van der Waals surface area contributed by atoms with Crippen molar-refractivity contribution in [2.45, 2.75) is 49.5 Å². The number of hydrogen-bond acceptors (Lipinski definition) is 6. The molecule has 35 heavy (non-hydrogen) atoms.